The van der Waals surface area contributed by atoms with E-state index in [4.69, 9.17) is 9.47 Å². The van der Waals surface area contributed by atoms with Crippen LogP contribution >= 0.6 is 11.3 Å². The highest BCUT2D eigenvalue weighted by Gasteiger charge is 2.29. The van der Waals surface area contributed by atoms with Crippen molar-refractivity contribution in [3.8, 4) is 22.8 Å². The van der Waals surface area contributed by atoms with Gasteiger partial charge in [0.1, 0.15) is 0 Å². The van der Waals surface area contributed by atoms with Gasteiger partial charge >= 0.3 is 0 Å². The maximum absolute atomic E-state index is 11.8. The van der Waals surface area contributed by atoms with E-state index in [1.165, 1.54) is 11.3 Å². The van der Waals surface area contributed by atoms with Crippen molar-refractivity contribution in [1.82, 2.24) is 4.98 Å². The topological polar surface area (TPSA) is 72.5 Å². The molecule has 6 nitrogen and oxygen atoms in total. The van der Waals surface area contributed by atoms with Gasteiger partial charge in [-0.25, -0.2) is 4.98 Å². The summed E-state index contributed by atoms with van der Waals surface area (Å²) >= 11 is 1.54. The molecule has 27 heavy (non-hydrogen) atoms. The van der Waals surface area contributed by atoms with Crippen LogP contribution in [0.2, 0.25) is 0 Å². The molecular weight excluding hydrogens is 362 g/mol. The summed E-state index contributed by atoms with van der Waals surface area (Å²) in [6.07, 6.45) is 2.00. The van der Waals surface area contributed by atoms with Crippen LogP contribution in [-0.2, 0) is 4.79 Å². The van der Waals surface area contributed by atoms with Gasteiger partial charge in [0.25, 0.3) is 0 Å². The average molecular weight is 379 g/mol. The molecule has 0 unspecified atom stereocenters. The Hall–Kier alpha value is -3.06. The lowest BCUT2D eigenvalue weighted by Crippen LogP contribution is -2.12. The first-order valence-electron chi connectivity index (χ1n) is 8.78. The highest BCUT2D eigenvalue weighted by atomic mass is 32.1. The lowest BCUT2D eigenvalue weighted by Gasteiger charge is -2.05. The van der Waals surface area contributed by atoms with Crippen LogP contribution in [0, 0.1) is 5.92 Å². The van der Waals surface area contributed by atoms with Crippen LogP contribution in [-0.4, -0.2) is 17.7 Å². The average Bonchev–Trinajstić information content (AvgIpc) is 3.26. The van der Waals surface area contributed by atoms with Crippen LogP contribution in [0.1, 0.15) is 12.8 Å². The molecule has 2 N–H and O–H groups in total. The summed E-state index contributed by atoms with van der Waals surface area (Å²) in [4.78, 5) is 16.5. The van der Waals surface area contributed by atoms with E-state index in [1.54, 1.807) is 0 Å². The van der Waals surface area contributed by atoms with Crippen molar-refractivity contribution >= 4 is 33.8 Å². The molecule has 1 aliphatic carbocycles. The minimum atomic E-state index is 0.117. The molecule has 1 amide bonds. The second-order valence-electron chi connectivity index (χ2n) is 6.57. The Labute approximate surface area is 160 Å². The molecule has 1 saturated carbocycles. The third kappa shape index (κ3) is 3.46. The Morgan fingerprint density at radius 3 is 2.63 bits per heavy atom. The Morgan fingerprint density at radius 2 is 1.81 bits per heavy atom. The molecule has 0 spiro atoms. The predicted octanol–water partition coefficient (Wildman–Crippen LogP) is 4.63. The van der Waals surface area contributed by atoms with Crippen molar-refractivity contribution in [2.75, 3.05) is 17.4 Å². The third-order valence-electron chi connectivity index (χ3n) is 4.52. The van der Waals surface area contributed by atoms with E-state index in [0.717, 1.165) is 52.1 Å². The summed E-state index contributed by atoms with van der Waals surface area (Å²) in [6, 6.07) is 13.5. The lowest BCUT2D eigenvalue weighted by atomic mass is 10.1. The van der Waals surface area contributed by atoms with Gasteiger partial charge in [-0.15, -0.1) is 11.3 Å². The van der Waals surface area contributed by atoms with Gasteiger partial charge in [0.15, 0.2) is 16.6 Å². The van der Waals surface area contributed by atoms with Gasteiger partial charge in [0, 0.05) is 34.3 Å². The van der Waals surface area contributed by atoms with Gasteiger partial charge in [0.2, 0.25) is 12.7 Å². The van der Waals surface area contributed by atoms with Gasteiger partial charge in [-0.1, -0.05) is 12.1 Å². The van der Waals surface area contributed by atoms with Crippen molar-refractivity contribution in [3.05, 3.63) is 47.8 Å². The van der Waals surface area contributed by atoms with E-state index in [9.17, 15) is 4.79 Å². The molecule has 7 heteroatoms. The normalized spacial score (nSPS) is 14.8. The number of hydrogen-bond acceptors (Lipinski definition) is 6. The first-order chi connectivity index (χ1) is 13.2. The Morgan fingerprint density at radius 1 is 1.04 bits per heavy atom. The second-order valence-corrected chi connectivity index (χ2v) is 7.43. The molecule has 0 bridgehead atoms. The van der Waals surface area contributed by atoms with Crippen LogP contribution in [0.3, 0.4) is 0 Å². The van der Waals surface area contributed by atoms with E-state index in [2.05, 4.69) is 15.6 Å². The van der Waals surface area contributed by atoms with E-state index in [0.29, 0.717) is 0 Å². The number of thiazole rings is 1. The summed E-state index contributed by atoms with van der Waals surface area (Å²) < 4.78 is 10.7. The summed E-state index contributed by atoms with van der Waals surface area (Å²) in [5, 5.41) is 9.05. The predicted molar refractivity (Wildman–Crippen MR) is 105 cm³/mol. The first kappa shape index (κ1) is 16.1. The van der Waals surface area contributed by atoms with E-state index in [1.807, 2.05) is 47.8 Å². The van der Waals surface area contributed by atoms with Crippen molar-refractivity contribution in [2.45, 2.75) is 12.8 Å². The molecule has 1 fully saturated rings. The number of fused-ring (bicyclic) bond motifs is 1. The second kappa shape index (κ2) is 6.59. The summed E-state index contributed by atoms with van der Waals surface area (Å²) in [5.74, 6) is 1.81. The number of carbonyl (C=O) groups excluding carboxylic acids is 1. The van der Waals surface area contributed by atoms with Gasteiger partial charge < -0.3 is 20.1 Å². The number of amides is 1. The van der Waals surface area contributed by atoms with Crippen LogP contribution in [0.15, 0.2) is 47.8 Å². The molecule has 136 valence electrons. The fourth-order valence-corrected chi connectivity index (χ4v) is 3.62. The van der Waals surface area contributed by atoms with Gasteiger partial charge in [0.05, 0.1) is 5.69 Å². The third-order valence-corrected chi connectivity index (χ3v) is 5.28. The monoisotopic (exact) mass is 379 g/mol. The molecule has 5 rings (SSSR count). The van der Waals surface area contributed by atoms with Crippen LogP contribution in [0.4, 0.5) is 16.5 Å². The minimum Gasteiger partial charge on any atom is -0.454 e. The number of aromatic nitrogens is 1. The largest absolute Gasteiger partial charge is 0.454 e. The zero-order chi connectivity index (χ0) is 18.2. The zero-order valence-electron chi connectivity index (χ0n) is 14.4. The molecule has 1 aliphatic heterocycles. The molecule has 0 saturated heterocycles. The molecule has 3 aromatic rings. The maximum Gasteiger partial charge on any atom is 0.231 e. The fraction of sp³-hybridized carbons (Fsp3) is 0.200. The molecule has 2 heterocycles. The lowest BCUT2D eigenvalue weighted by molar-refractivity contribution is -0.117. The van der Waals surface area contributed by atoms with Crippen molar-refractivity contribution < 1.29 is 14.3 Å². The zero-order valence-corrected chi connectivity index (χ0v) is 15.2. The number of carbonyl (C=O) groups is 1. The van der Waals surface area contributed by atoms with E-state index >= 15 is 0 Å². The summed E-state index contributed by atoms with van der Waals surface area (Å²) in [6.45, 7) is 0.261. The Kier molecular flexibility index (Phi) is 3.94. The van der Waals surface area contributed by atoms with Gasteiger partial charge in [-0.3, -0.25) is 4.79 Å². The van der Waals surface area contributed by atoms with Crippen molar-refractivity contribution in [3.63, 3.8) is 0 Å². The smallest absolute Gasteiger partial charge is 0.231 e. The minimum absolute atomic E-state index is 0.117. The summed E-state index contributed by atoms with van der Waals surface area (Å²) in [5.41, 5.74) is 3.63. The molecular formula is C20H17N3O3S. The van der Waals surface area contributed by atoms with Crippen LogP contribution < -0.4 is 20.1 Å². The maximum atomic E-state index is 11.8. The number of nitrogens with one attached hydrogen (secondary N) is 2. The Balaban J connectivity index is 1.28. The SMILES string of the molecule is O=C(Nc1ccc(-c2csc(Nc3ccc4c(c3)OCO4)n2)cc1)C1CC1. The molecule has 0 atom stereocenters. The number of anilines is 3. The molecule has 1 aromatic heterocycles. The molecule has 2 aromatic carbocycles. The first-order valence-corrected chi connectivity index (χ1v) is 9.66. The van der Waals surface area contributed by atoms with Crippen molar-refractivity contribution in [1.29, 1.82) is 0 Å². The highest BCUT2D eigenvalue weighted by molar-refractivity contribution is 7.14. The van der Waals surface area contributed by atoms with Crippen LogP contribution in [0.5, 0.6) is 11.5 Å². The van der Waals surface area contributed by atoms with Gasteiger partial charge in [-0.2, -0.15) is 0 Å². The number of nitrogens with zero attached hydrogens (tertiary/aromatic N) is 1. The number of hydrogen-bond donors (Lipinski definition) is 2. The number of rotatable bonds is 5. The fourth-order valence-electron chi connectivity index (χ4n) is 2.88. The Bertz CT molecular complexity index is 996. The van der Waals surface area contributed by atoms with Crippen LogP contribution in [0.25, 0.3) is 11.3 Å². The standard InChI is InChI=1S/C20H17N3O3S/c24-19(13-1-2-13)21-14-5-3-12(4-6-14)16-10-27-20(23-16)22-15-7-8-17-18(9-15)26-11-25-17/h3-10,13H,1-2,11H2,(H,21,24)(H,22,23). The highest BCUT2D eigenvalue weighted by Crippen LogP contribution is 2.36. The number of benzene rings is 2. The van der Waals surface area contributed by atoms with Gasteiger partial charge in [-0.05, 0) is 37.1 Å². The summed E-state index contributed by atoms with van der Waals surface area (Å²) in [7, 11) is 0. The molecule has 0 radical (unpaired) electrons. The number of ether oxygens (including phenoxy) is 2. The quantitative estimate of drug-likeness (QED) is 0.676. The van der Waals surface area contributed by atoms with E-state index < -0.39 is 0 Å². The van der Waals surface area contributed by atoms with E-state index in [-0.39, 0.29) is 18.6 Å². The molecule has 2 aliphatic rings. The van der Waals surface area contributed by atoms with Crippen molar-refractivity contribution in [2.24, 2.45) is 5.92 Å².